The van der Waals surface area contributed by atoms with Crippen molar-refractivity contribution >= 4 is 33.2 Å². The number of carbonyl (C=O) groups is 1. The van der Waals surface area contributed by atoms with E-state index in [1.807, 2.05) is 16.3 Å². The summed E-state index contributed by atoms with van der Waals surface area (Å²) in [4.78, 5) is 14.5. The molecule has 0 aliphatic rings. The summed E-state index contributed by atoms with van der Waals surface area (Å²) < 4.78 is 1.03. The first-order chi connectivity index (χ1) is 9.19. The molecule has 0 unspecified atom stereocenters. The van der Waals surface area contributed by atoms with E-state index in [4.69, 9.17) is 0 Å². The Bertz CT molecular complexity index is 368. The number of nitrogens with zero attached hydrogens (tertiary/aromatic N) is 1. The highest BCUT2D eigenvalue weighted by molar-refractivity contribution is 9.11. The highest BCUT2D eigenvalue weighted by Crippen LogP contribution is 2.22. The molecule has 0 N–H and O–H groups in total. The number of carbonyl (C=O) groups excluding carboxylic acids is 1. The molecule has 0 atom stereocenters. The lowest BCUT2D eigenvalue weighted by molar-refractivity contribution is 0.0750. The Kier molecular flexibility index (Phi) is 8.38. The van der Waals surface area contributed by atoms with E-state index in [0.717, 1.165) is 35.3 Å². The smallest absolute Gasteiger partial charge is 0.254 e. The van der Waals surface area contributed by atoms with Gasteiger partial charge in [0.1, 0.15) is 0 Å². The Labute approximate surface area is 129 Å². The highest BCUT2D eigenvalue weighted by atomic mass is 79.9. The zero-order valence-electron chi connectivity index (χ0n) is 12.0. The fourth-order valence-corrected chi connectivity index (χ4v) is 3.16. The quantitative estimate of drug-likeness (QED) is 0.553. The van der Waals surface area contributed by atoms with Gasteiger partial charge < -0.3 is 4.90 Å². The fourth-order valence-electron chi connectivity index (χ4n) is 2.03. The minimum atomic E-state index is 0.189. The van der Waals surface area contributed by atoms with Crippen molar-refractivity contribution in [3.05, 3.63) is 20.8 Å². The minimum absolute atomic E-state index is 0.189. The third kappa shape index (κ3) is 6.09. The molecule has 0 aliphatic heterocycles. The minimum Gasteiger partial charge on any atom is -0.339 e. The van der Waals surface area contributed by atoms with E-state index in [-0.39, 0.29) is 5.91 Å². The first kappa shape index (κ1) is 16.7. The molecule has 2 nitrogen and oxygen atoms in total. The topological polar surface area (TPSA) is 20.3 Å². The first-order valence-corrected chi connectivity index (χ1v) is 8.89. The SMILES string of the molecule is CCCCCN(CCCCC)C(=O)c1csc(Br)c1. The molecule has 0 radical (unpaired) electrons. The van der Waals surface area contributed by atoms with Crippen LogP contribution in [-0.2, 0) is 0 Å². The van der Waals surface area contributed by atoms with Gasteiger partial charge in [0.05, 0.1) is 9.35 Å². The van der Waals surface area contributed by atoms with Gasteiger partial charge in [-0.05, 0) is 34.8 Å². The van der Waals surface area contributed by atoms with Crippen molar-refractivity contribution in [2.75, 3.05) is 13.1 Å². The van der Waals surface area contributed by atoms with Crippen molar-refractivity contribution in [3.63, 3.8) is 0 Å². The van der Waals surface area contributed by atoms with Crippen LogP contribution in [0.1, 0.15) is 62.7 Å². The van der Waals surface area contributed by atoms with Crippen molar-refractivity contribution < 1.29 is 4.79 Å². The maximum atomic E-state index is 12.5. The molecule has 1 aromatic rings. The maximum absolute atomic E-state index is 12.5. The third-order valence-corrected chi connectivity index (χ3v) is 4.67. The molecule has 1 aromatic heterocycles. The van der Waals surface area contributed by atoms with Gasteiger partial charge in [0.15, 0.2) is 0 Å². The second-order valence-electron chi connectivity index (χ2n) is 4.85. The predicted molar refractivity (Wildman–Crippen MR) is 87.0 cm³/mol. The number of hydrogen-bond donors (Lipinski definition) is 0. The first-order valence-electron chi connectivity index (χ1n) is 7.22. The molecular weight excluding hydrogens is 322 g/mol. The van der Waals surface area contributed by atoms with E-state index in [1.165, 1.54) is 25.7 Å². The van der Waals surface area contributed by atoms with Crippen LogP contribution >= 0.6 is 27.3 Å². The Morgan fingerprint density at radius 2 is 1.74 bits per heavy atom. The van der Waals surface area contributed by atoms with Gasteiger partial charge >= 0.3 is 0 Å². The highest BCUT2D eigenvalue weighted by Gasteiger charge is 2.16. The van der Waals surface area contributed by atoms with Gasteiger partial charge in [-0.2, -0.15) is 0 Å². The third-order valence-electron chi connectivity index (χ3n) is 3.16. The Morgan fingerprint density at radius 1 is 1.16 bits per heavy atom. The number of rotatable bonds is 9. The molecule has 1 amide bonds. The van der Waals surface area contributed by atoms with Gasteiger partial charge in [-0.1, -0.05) is 39.5 Å². The van der Waals surface area contributed by atoms with Crippen molar-refractivity contribution in [2.24, 2.45) is 0 Å². The van der Waals surface area contributed by atoms with E-state index in [9.17, 15) is 4.79 Å². The molecule has 108 valence electrons. The normalized spacial score (nSPS) is 10.7. The van der Waals surface area contributed by atoms with Crippen LogP contribution in [0, 0.1) is 0 Å². The lowest BCUT2D eigenvalue weighted by Crippen LogP contribution is -2.32. The van der Waals surface area contributed by atoms with E-state index in [1.54, 1.807) is 11.3 Å². The molecular formula is C15H24BrNOS. The summed E-state index contributed by atoms with van der Waals surface area (Å²) in [6, 6.07) is 1.93. The van der Waals surface area contributed by atoms with Crippen LogP contribution in [0.2, 0.25) is 0 Å². The predicted octanol–water partition coefficient (Wildman–Crippen LogP) is 5.33. The zero-order valence-corrected chi connectivity index (χ0v) is 14.4. The molecule has 0 aliphatic carbocycles. The summed E-state index contributed by atoms with van der Waals surface area (Å²) in [5, 5.41) is 1.94. The molecule has 0 saturated heterocycles. The number of thiophene rings is 1. The average molecular weight is 346 g/mol. The number of unbranched alkanes of at least 4 members (excludes halogenated alkanes) is 4. The van der Waals surface area contributed by atoms with Crippen molar-refractivity contribution in [1.29, 1.82) is 0 Å². The Morgan fingerprint density at radius 3 is 2.16 bits per heavy atom. The molecule has 0 spiro atoms. The van der Waals surface area contributed by atoms with Crippen LogP contribution in [0.15, 0.2) is 15.2 Å². The molecule has 0 aromatic carbocycles. The zero-order chi connectivity index (χ0) is 14.1. The summed E-state index contributed by atoms with van der Waals surface area (Å²) in [7, 11) is 0. The lowest BCUT2D eigenvalue weighted by Gasteiger charge is -2.22. The van der Waals surface area contributed by atoms with Gasteiger partial charge in [0.25, 0.3) is 5.91 Å². The van der Waals surface area contributed by atoms with Gasteiger partial charge in [0.2, 0.25) is 0 Å². The van der Waals surface area contributed by atoms with Gasteiger partial charge in [0, 0.05) is 18.5 Å². The molecule has 0 fully saturated rings. The number of hydrogen-bond acceptors (Lipinski definition) is 2. The summed E-state index contributed by atoms with van der Waals surface area (Å²) in [5.41, 5.74) is 0.824. The van der Waals surface area contributed by atoms with Gasteiger partial charge in [-0.15, -0.1) is 11.3 Å². The van der Waals surface area contributed by atoms with Crippen molar-refractivity contribution in [1.82, 2.24) is 4.90 Å². The second kappa shape index (κ2) is 9.54. The molecule has 4 heteroatoms. The van der Waals surface area contributed by atoms with Crippen LogP contribution < -0.4 is 0 Å². The number of amides is 1. The van der Waals surface area contributed by atoms with E-state index < -0.39 is 0 Å². The lowest BCUT2D eigenvalue weighted by atomic mass is 10.2. The van der Waals surface area contributed by atoms with Gasteiger partial charge in [-0.25, -0.2) is 0 Å². The van der Waals surface area contributed by atoms with E-state index >= 15 is 0 Å². The summed E-state index contributed by atoms with van der Waals surface area (Å²) in [5.74, 6) is 0.189. The number of halogens is 1. The van der Waals surface area contributed by atoms with E-state index in [0.29, 0.717) is 0 Å². The molecule has 1 rings (SSSR count). The van der Waals surface area contributed by atoms with Gasteiger partial charge in [-0.3, -0.25) is 4.79 Å². The summed E-state index contributed by atoms with van der Waals surface area (Å²) in [6.45, 7) is 6.17. The van der Waals surface area contributed by atoms with Crippen molar-refractivity contribution in [3.8, 4) is 0 Å². The average Bonchev–Trinajstić information content (AvgIpc) is 2.83. The van der Waals surface area contributed by atoms with Crippen LogP contribution in [0.5, 0.6) is 0 Å². The monoisotopic (exact) mass is 345 g/mol. The van der Waals surface area contributed by atoms with Crippen molar-refractivity contribution in [2.45, 2.75) is 52.4 Å². The maximum Gasteiger partial charge on any atom is 0.254 e. The molecule has 0 saturated carbocycles. The molecule has 0 bridgehead atoms. The summed E-state index contributed by atoms with van der Waals surface area (Å²) in [6.07, 6.45) is 7.01. The van der Waals surface area contributed by atoms with Crippen LogP contribution in [0.4, 0.5) is 0 Å². The second-order valence-corrected chi connectivity index (χ2v) is 7.14. The molecule has 19 heavy (non-hydrogen) atoms. The molecule has 1 heterocycles. The van der Waals surface area contributed by atoms with Crippen LogP contribution in [-0.4, -0.2) is 23.9 Å². The van der Waals surface area contributed by atoms with Crippen LogP contribution in [0.25, 0.3) is 0 Å². The Balaban J connectivity index is 2.57. The summed E-state index contributed by atoms with van der Waals surface area (Å²) >= 11 is 5.00. The van der Waals surface area contributed by atoms with E-state index in [2.05, 4.69) is 29.8 Å². The fraction of sp³-hybridized carbons (Fsp3) is 0.667. The standard InChI is InChI=1S/C15H24BrNOS/c1-3-5-7-9-17(10-8-6-4-2)15(18)13-11-14(16)19-12-13/h11-12H,3-10H2,1-2H3. The van der Waals surface area contributed by atoms with Crippen LogP contribution in [0.3, 0.4) is 0 Å². The largest absolute Gasteiger partial charge is 0.339 e. The Hall–Kier alpha value is -0.350.